The Labute approximate surface area is 90.6 Å². The minimum atomic E-state index is -0.237. The highest BCUT2D eigenvalue weighted by atomic mass is 16.5. The number of hydrogen-bond donors (Lipinski definition) is 0. The summed E-state index contributed by atoms with van der Waals surface area (Å²) in [5.41, 5.74) is 1.11. The van der Waals surface area contributed by atoms with Crippen LogP contribution in [0.1, 0.15) is 25.8 Å². The van der Waals surface area contributed by atoms with E-state index < -0.39 is 0 Å². The van der Waals surface area contributed by atoms with Crippen LogP contribution in [0.25, 0.3) is 6.08 Å². The third-order valence-corrected chi connectivity index (χ3v) is 2.02. The van der Waals surface area contributed by atoms with Gasteiger partial charge in [0, 0.05) is 6.92 Å². The zero-order chi connectivity index (χ0) is 11.1. The number of rotatable bonds is 4. The first-order valence-electron chi connectivity index (χ1n) is 5.13. The van der Waals surface area contributed by atoms with E-state index >= 15 is 0 Å². The molecule has 0 aliphatic rings. The van der Waals surface area contributed by atoms with Crippen molar-refractivity contribution in [3.8, 4) is 0 Å². The van der Waals surface area contributed by atoms with Gasteiger partial charge in [-0.05, 0) is 18.1 Å². The van der Waals surface area contributed by atoms with Gasteiger partial charge in [0.2, 0.25) is 0 Å². The number of carbonyl (C=O) groups is 1. The van der Waals surface area contributed by atoms with Crippen molar-refractivity contribution in [1.82, 2.24) is 0 Å². The maximum absolute atomic E-state index is 10.8. The molecule has 80 valence electrons. The first-order chi connectivity index (χ1) is 7.22. The normalized spacial score (nSPS) is 12.7. The van der Waals surface area contributed by atoms with Crippen LogP contribution >= 0.6 is 0 Å². The van der Waals surface area contributed by atoms with Crippen molar-refractivity contribution in [3.05, 3.63) is 42.0 Å². The minimum absolute atomic E-state index is 0.122. The van der Waals surface area contributed by atoms with E-state index in [1.807, 2.05) is 49.4 Å². The van der Waals surface area contributed by atoms with Gasteiger partial charge in [-0.3, -0.25) is 4.79 Å². The second kappa shape index (κ2) is 6.02. The highest BCUT2D eigenvalue weighted by Crippen LogP contribution is 2.06. The quantitative estimate of drug-likeness (QED) is 0.705. The summed E-state index contributed by atoms with van der Waals surface area (Å²) in [7, 11) is 0. The van der Waals surface area contributed by atoms with Crippen LogP contribution < -0.4 is 0 Å². The SMILES string of the molecule is CCC(/C=C/c1ccccc1)OC(C)=O. The van der Waals surface area contributed by atoms with E-state index in [1.54, 1.807) is 0 Å². The average molecular weight is 204 g/mol. The monoisotopic (exact) mass is 204 g/mol. The molecule has 2 nitrogen and oxygen atoms in total. The van der Waals surface area contributed by atoms with Crippen molar-refractivity contribution >= 4 is 12.0 Å². The Balaban J connectivity index is 2.58. The molecular weight excluding hydrogens is 188 g/mol. The molecule has 0 radical (unpaired) electrons. The standard InChI is InChI=1S/C13H16O2/c1-3-13(15-11(2)14)10-9-12-7-5-4-6-8-12/h4-10,13H,3H2,1-2H3/b10-9+. The van der Waals surface area contributed by atoms with Crippen LogP contribution in [0.2, 0.25) is 0 Å². The van der Waals surface area contributed by atoms with Crippen LogP contribution in [0.5, 0.6) is 0 Å². The Bertz CT molecular complexity index is 328. The Hall–Kier alpha value is -1.57. The summed E-state index contributed by atoms with van der Waals surface area (Å²) in [6.45, 7) is 3.42. The van der Waals surface area contributed by atoms with Crippen molar-refractivity contribution in [1.29, 1.82) is 0 Å². The molecule has 0 saturated carbocycles. The van der Waals surface area contributed by atoms with Crippen molar-refractivity contribution in [2.45, 2.75) is 26.4 Å². The van der Waals surface area contributed by atoms with E-state index in [4.69, 9.17) is 4.74 Å². The zero-order valence-electron chi connectivity index (χ0n) is 9.14. The van der Waals surface area contributed by atoms with Crippen LogP contribution in [-0.2, 0) is 9.53 Å². The fourth-order valence-corrected chi connectivity index (χ4v) is 1.25. The molecule has 0 aliphatic heterocycles. The minimum Gasteiger partial charge on any atom is -0.458 e. The van der Waals surface area contributed by atoms with Crippen LogP contribution in [-0.4, -0.2) is 12.1 Å². The largest absolute Gasteiger partial charge is 0.458 e. The second-order valence-electron chi connectivity index (χ2n) is 3.33. The van der Waals surface area contributed by atoms with Gasteiger partial charge < -0.3 is 4.74 Å². The molecular formula is C13H16O2. The molecule has 0 aromatic heterocycles. The number of esters is 1. The van der Waals surface area contributed by atoms with Gasteiger partial charge in [0.25, 0.3) is 0 Å². The highest BCUT2D eigenvalue weighted by molar-refractivity contribution is 5.66. The molecule has 0 N–H and O–H groups in total. The summed E-state index contributed by atoms with van der Waals surface area (Å²) in [4.78, 5) is 10.8. The fraction of sp³-hybridized carbons (Fsp3) is 0.308. The van der Waals surface area contributed by atoms with E-state index in [0.717, 1.165) is 12.0 Å². The predicted octanol–water partition coefficient (Wildman–Crippen LogP) is 3.04. The van der Waals surface area contributed by atoms with E-state index in [9.17, 15) is 4.79 Å². The summed E-state index contributed by atoms with van der Waals surface area (Å²) in [5, 5.41) is 0. The average Bonchev–Trinajstić information content (AvgIpc) is 2.25. The summed E-state index contributed by atoms with van der Waals surface area (Å²) >= 11 is 0. The Morgan fingerprint density at radius 3 is 2.60 bits per heavy atom. The third-order valence-electron chi connectivity index (χ3n) is 2.02. The zero-order valence-corrected chi connectivity index (χ0v) is 9.14. The smallest absolute Gasteiger partial charge is 0.303 e. The summed E-state index contributed by atoms with van der Waals surface area (Å²) in [5.74, 6) is -0.237. The maximum atomic E-state index is 10.8. The molecule has 2 heteroatoms. The van der Waals surface area contributed by atoms with Gasteiger partial charge in [-0.1, -0.05) is 43.3 Å². The lowest BCUT2D eigenvalue weighted by Crippen LogP contribution is -2.11. The molecule has 1 atom stereocenters. The van der Waals surface area contributed by atoms with Crippen molar-refractivity contribution < 1.29 is 9.53 Å². The number of carbonyl (C=O) groups excluding carboxylic acids is 1. The van der Waals surface area contributed by atoms with E-state index in [2.05, 4.69) is 0 Å². The molecule has 0 bridgehead atoms. The molecule has 0 fully saturated rings. The maximum Gasteiger partial charge on any atom is 0.303 e. The van der Waals surface area contributed by atoms with E-state index in [0.29, 0.717) is 0 Å². The van der Waals surface area contributed by atoms with Gasteiger partial charge in [0.1, 0.15) is 6.10 Å². The number of benzene rings is 1. The highest BCUT2D eigenvalue weighted by Gasteiger charge is 2.03. The molecule has 0 aliphatic carbocycles. The van der Waals surface area contributed by atoms with Crippen molar-refractivity contribution in [2.24, 2.45) is 0 Å². The van der Waals surface area contributed by atoms with Gasteiger partial charge in [-0.25, -0.2) is 0 Å². The van der Waals surface area contributed by atoms with Crippen LogP contribution in [0, 0.1) is 0 Å². The molecule has 1 aromatic rings. The molecule has 1 aromatic carbocycles. The second-order valence-corrected chi connectivity index (χ2v) is 3.33. The molecule has 1 unspecified atom stereocenters. The summed E-state index contributed by atoms with van der Waals surface area (Å²) < 4.78 is 5.10. The van der Waals surface area contributed by atoms with Crippen molar-refractivity contribution in [3.63, 3.8) is 0 Å². The molecule has 0 spiro atoms. The molecule has 1 rings (SSSR count). The Morgan fingerprint density at radius 2 is 2.07 bits per heavy atom. The molecule has 0 amide bonds. The van der Waals surface area contributed by atoms with E-state index in [1.165, 1.54) is 6.92 Å². The number of ether oxygens (including phenoxy) is 1. The van der Waals surface area contributed by atoms with Crippen LogP contribution in [0.3, 0.4) is 0 Å². The topological polar surface area (TPSA) is 26.3 Å². The van der Waals surface area contributed by atoms with Crippen LogP contribution in [0.15, 0.2) is 36.4 Å². The third kappa shape index (κ3) is 4.45. The summed E-state index contributed by atoms with van der Waals surface area (Å²) in [6, 6.07) is 9.95. The Morgan fingerprint density at radius 1 is 1.40 bits per heavy atom. The predicted molar refractivity (Wildman–Crippen MR) is 61.3 cm³/mol. The Kier molecular flexibility index (Phi) is 4.61. The first-order valence-corrected chi connectivity index (χ1v) is 5.13. The van der Waals surface area contributed by atoms with Gasteiger partial charge in [-0.2, -0.15) is 0 Å². The number of hydrogen-bond acceptors (Lipinski definition) is 2. The lowest BCUT2D eigenvalue weighted by atomic mass is 10.1. The van der Waals surface area contributed by atoms with E-state index in [-0.39, 0.29) is 12.1 Å². The van der Waals surface area contributed by atoms with Crippen LogP contribution in [0.4, 0.5) is 0 Å². The first kappa shape index (κ1) is 11.5. The lowest BCUT2D eigenvalue weighted by molar-refractivity contribution is -0.144. The van der Waals surface area contributed by atoms with Gasteiger partial charge in [-0.15, -0.1) is 0 Å². The molecule has 15 heavy (non-hydrogen) atoms. The lowest BCUT2D eigenvalue weighted by Gasteiger charge is -2.09. The van der Waals surface area contributed by atoms with Gasteiger partial charge >= 0.3 is 5.97 Å². The summed E-state index contributed by atoms with van der Waals surface area (Å²) in [6.07, 6.45) is 4.55. The van der Waals surface area contributed by atoms with Crippen molar-refractivity contribution in [2.75, 3.05) is 0 Å². The fourth-order valence-electron chi connectivity index (χ4n) is 1.25. The molecule has 0 heterocycles. The molecule has 0 saturated heterocycles. The van der Waals surface area contributed by atoms with Gasteiger partial charge in [0.15, 0.2) is 0 Å². The van der Waals surface area contributed by atoms with Gasteiger partial charge in [0.05, 0.1) is 0 Å².